The first-order valence-corrected chi connectivity index (χ1v) is 11.8. The molecule has 0 saturated carbocycles. The zero-order valence-corrected chi connectivity index (χ0v) is 21.7. The van der Waals surface area contributed by atoms with Crippen LogP contribution in [0.2, 0.25) is 0 Å². The molecule has 186 valence electrons. The summed E-state index contributed by atoms with van der Waals surface area (Å²) in [6, 6.07) is 5.25. The van der Waals surface area contributed by atoms with Crippen LogP contribution in [-0.4, -0.2) is 36.2 Å². The molecule has 7 heteroatoms. The molecule has 0 aliphatic heterocycles. The molecule has 0 heterocycles. The average molecular weight is 463 g/mol. The first-order valence-electron chi connectivity index (χ1n) is 11.8. The molecule has 33 heavy (non-hydrogen) atoms. The molecule has 0 aliphatic rings. The van der Waals surface area contributed by atoms with Crippen LogP contribution in [0, 0.1) is 5.92 Å². The zero-order valence-electron chi connectivity index (χ0n) is 21.7. The number of carbonyl (C=O) groups is 3. The number of rotatable bonds is 10. The average Bonchev–Trinajstić information content (AvgIpc) is 2.67. The number of hydrogen-bond donors (Lipinski definition) is 2. The van der Waals surface area contributed by atoms with Gasteiger partial charge in [0.15, 0.2) is 0 Å². The number of ether oxygens (including phenoxy) is 2. The molecule has 1 aromatic carbocycles. The van der Waals surface area contributed by atoms with Gasteiger partial charge in [-0.2, -0.15) is 0 Å². The number of carbonyl (C=O) groups excluding carboxylic acids is 3. The smallest absolute Gasteiger partial charge is 0.408 e. The highest BCUT2D eigenvalue weighted by Crippen LogP contribution is 2.34. The molecule has 2 N–H and O–H groups in total. The minimum Gasteiger partial charge on any atom is -0.444 e. The summed E-state index contributed by atoms with van der Waals surface area (Å²) in [7, 11) is 0. The van der Waals surface area contributed by atoms with Gasteiger partial charge >= 0.3 is 12.1 Å². The van der Waals surface area contributed by atoms with E-state index in [1.807, 2.05) is 32.0 Å². The van der Waals surface area contributed by atoms with Crippen LogP contribution in [0.25, 0.3) is 0 Å². The quantitative estimate of drug-likeness (QED) is 0.280. The summed E-state index contributed by atoms with van der Waals surface area (Å²) in [5.41, 5.74) is 1.37. The van der Waals surface area contributed by atoms with Gasteiger partial charge in [-0.3, -0.25) is 9.59 Å². The van der Waals surface area contributed by atoms with Crippen LogP contribution in [-0.2, 0) is 14.3 Å². The predicted molar refractivity (Wildman–Crippen MR) is 130 cm³/mol. The molecule has 0 saturated heterocycles. The van der Waals surface area contributed by atoms with Crippen molar-refractivity contribution < 1.29 is 23.9 Å². The summed E-state index contributed by atoms with van der Waals surface area (Å²) in [6.45, 7) is 17.6. The van der Waals surface area contributed by atoms with Gasteiger partial charge in [0.05, 0.1) is 0 Å². The standard InChI is InChI=1S/C26H42N2O5/c1-16(2)19-12-10-13-20(17(3)4)23(19)32-21(29)14-11-15-27-24(30)22(18(5)6)28-25(31)33-26(7,8)9/h10,12-13,16-18,22H,11,14-15H2,1-9H3,(H,27,30)(H,28,31)/t22-/m0/s1. The van der Waals surface area contributed by atoms with E-state index < -0.39 is 17.7 Å². The Kier molecular flexibility index (Phi) is 10.9. The Balaban J connectivity index is 2.63. The van der Waals surface area contributed by atoms with E-state index in [0.29, 0.717) is 18.7 Å². The first-order chi connectivity index (χ1) is 15.2. The van der Waals surface area contributed by atoms with E-state index in [1.165, 1.54) is 0 Å². The fourth-order valence-corrected chi connectivity index (χ4v) is 3.29. The molecule has 0 aromatic heterocycles. The van der Waals surface area contributed by atoms with Crippen molar-refractivity contribution in [2.24, 2.45) is 5.92 Å². The lowest BCUT2D eigenvalue weighted by atomic mass is 9.94. The maximum absolute atomic E-state index is 12.6. The number of alkyl carbamates (subject to hydrolysis) is 1. The minimum absolute atomic E-state index is 0.121. The van der Waals surface area contributed by atoms with Gasteiger partial charge in [-0.1, -0.05) is 59.7 Å². The molecule has 2 amide bonds. The number of esters is 1. The lowest BCUT2D eigenvalue weighted by Gasteiger charge is -2.25. The molecule has 7 nitrogen and oxygen atoms in total. The fourth-order valence-electron chi connectivity index (χ4n) is 3.29. The van der Waals surface area contributed by atoms with Crippen molar-refractivity contribution in [3.8, 4) is 5.75 Å². The van der Waals surface area contributed by atoms with Crippen LogP contribution in [0.1, 0.15) is 98.1 Å². The van der Waals surface area contributed by atoms with Crippen molar-refractivity contribution >= 4 is 18.0 Å². The Bertz CT molecular complexity index is 783. The van der Waals surface area contributed by atoms with Gasteiger partial charge in [0.25, 0.3) is 0 Å². The van der Waals surface area contributed by atoms with Crippen LogP contribution in [0.15, 0.2) is 18.2 Å². The second-order valence-electron chi connectivity index (χ2n) is 10.3. The Morgan fingerprint density at radius 2 is 1.48 bits per heavy atom. The first kappa shape index (κ1) is 28.5. The van der Waals surface area contributed by atoms with E-state index in [4.69, 9.17) is 9.47 Å². The van der Waals surface area contributed by atoms with Gasteiger partial charge in [0.2, 0.25) is 5.91 Å². The molecule has 0 unspecified atom stereocenters. The summed E-state index contributed by atoms with van der Waals surface area (Å²) in [5.74, 6) is 0.359. The molecule has 1 aromatic rings. The largest absolute Gasteiger partial charge is 0.444 e. The summed E-state index contributed by atoms with van der Waals surface area (Å²) in [5, 5.41) is 5.42. The van der Waals surface area contributed by atoms with E-state index in [-0.39, 0.29) is 36.1 Å². The molecule has 1 rings (SSSR count). The van der Waals surface area contributed by atoms with Crippen molar-refractivity contribution in [1.29, 1.82) is 0 Å². The van der Waals surface area contributed by atoms with Gasteiger partial charge in [0, 0.05) is 13.0 Å². The van der Waals surface area contributed by atoms with Crippen LogP contribution >= 0.6 is 0 Å². The van der Waals surface area contributed by atoms with Gasteiger partial charge in [-0.25, -0.2) is 4.79 Å². The van der Waals surface area contributed by atoms with Crippen molar-refractivity contribution in [3.05, 3.63) is 29.3 Å². The number of benzene rings is 1. The van der Waals surface area contributed by atoms with Crippen LogP contribution < -0.4 is 15.4 Å². The third-order valence-corrected chi connectivity index (χ3v) is 5.01. The van der Waals surface area contributed by atoms with Gasteiger partial charge in [0.1, 0.15) is 17.4 Å². The molecular formula is C26H42N2O5. The normalized spacial score (nSPS) is 12.6. The summed E-state index contributed by atoms with van der Waals surface area (Å²) in [6.07, 6.45) is -0.0246. The molecular weight excluding hydrogens is 420 g/mol. The monoisotopic (exact) mass is 462 g/mol. The minimum atomic E-state index is -0.724. The molecule has 0 aliphatic carbocycles. The molecule has 0 spiro atoms. The lowest BCUT2D eigenvalue weighted by Crippen LogP contribution is -2.51. The highest BCUT2D eigenvalue weighted by Gasteiger charge is 2.26. The zero-order chi connectivity index (χ0) is 25.3. The van der Waals surface area contributed by atoms with Crippen molar-refractivity contribution in [2.45, 2.75) is 98.6 Å². The van der Waals surface area contributed by atoms with Crippen molar-refractivity contribution in [2.75, 3.05) is 6.54 Å². The molecule has 0 bridgehead atoms. The third-order valence-electron chi connectivity index (χ3n) is 5.01. The second kappa shape index (κ2) is 12.6. The van der Waals surface area contributed by atoms with E-state index >= 15 is 0 Å². The summed E-state index contributed by atoms with van der Waals surface area (Å²) < 4.78 is 11.0. The summed E-state index contributed by atoms with van der Waals surface area (Å²) >= 11 is 0. The van der Waals surface area contributed by atoms with Gasteiger partial charge in [-0.05, 0) is 56.1 Å². The van der Waals surface area contributed by atoms with E-state index in [9.17, 15) is 14.4 Å². The Morgan fingerprint density at radius 1 is 0.939 bits per heavy atom. The second-order valence-corrected chi connectivity index (χ2v) is 10.3. The van der Waals surface area contributed by atoms with Gasteiger partial charge in [-0.15, -0.1) is 0 Å². The molecule has 0 fully saturated rings. The predicted octanol–water partition coefficient (Wildman–Crippen LogP) is 5.28. The topological polar surface area (TPSA) is 93.7 Å². The highest BCUT2D eigenvalue weighted by atomic mass is 16.6. The number of para-hydroxylation sites is 1. The maximum atomic E-state index is 12.6. The Hall–Kier alpha value is -2.57. The number of hydrogen-bond acceptors (Lipinski definition) is 5. The van der Waals surface area contributed by atoms with E-state index in [0.717, 1.165) is 11.1 Å². The van der Waals surface area contributed by atoms with Crippen molar-refractivity contribution in [3.63, 3.8) is 0 Å². The Labute approximate surface area is 199 Å². The number of amides is 2. The van der Waals surface area contributed by atoms with E-state index in [2.05, 4.69) is 38.3 Å². The third kappa shape index (κ3) is 9.84. The summed E-state index contributed by atoms with van der Waals surface area (Å²) in [4.78, 5) is 37.1. The molecule has 1 atom stereocenters. The molecule has 0 radical (unpaired) electrons. The lowest BCUT2D eigenvalue weighted by molar-refractivity contribution is -0.134. The Morgan fingerprint density at radius 3 is 1.94 bits per heavy atom. The number of nitrogens with one attached hydrogen (secondary N) is 2. The van der Waals surface area contributed by atoms with Crippen LogP contribution in [0.3, 0.4) is 0 Å². The van der Waals surface area contributed by atoms with E-state index in [1.54, 1.807) is 20.8 Å². The SMILES string of the molecule is CC(C)c1cccc(C(C)C)c1OC(=O)CCCNC(=O)[C@@H](NC(=O)OC(C)(C)C)C(C)C. The maximum Gasteiger partial charge on any atom is 0.408 e. The highest BCUT2D eigenvalue weighted by molar-refractivity contribution is 5.86. The fraction of sp³-hybridized carbons (Fsp3) is 0.654. The van der Waals surface area contributed by atoms with Crippen LogP contribution in [0.4, 0.5) is 4.79 Å². The van der Waals surface area contributed by atoms with Crippen molar-refractivity contribution in [1.82, 2.24) is 10.6 Å². The van der Waals surface area contributed by atoms with Gasteiger partial charge < -0.3 is 20.1 Å². The van der Waals surface area contributed by atoms with Crippen LogP contribution in [0.5, 0.6) is 5.75 Å².